The van der Waals surface area contributed by atoms with Gasteiger partial charge in [0.05, 0.1) is 34.0 Å². The van der Waals surface area contributed by atoms with Gasteiger partial charge < -0.3 is 25.8 Å². The first-order valence-corrected chi connectivity index (χ1v) is 16.7. The molecule has 5 aromatic rings. The highest BCUT2D eigenvalue weighted by Crippen LogP contribution is 2.46. The highest BCUT2D eigenvalue weighted by molar-refractivity contribution is 7.23. The normalized spacial score (nSPS) is 20.1. The minimum absolute atomic E-state index is 0.0159. The lowest BCUT2D eigenvalue weighted by Crippen LogP contribution is -2.49. The van der Waals surface area contributed by atoms with E-state index in [1.807, 2.05) is 13.0 Å². The highest BCUT2D eigenvalue weighted by Gasteiger charge is 2.38. The van der Waals surface area contributed by atoms with Gasteiger partial charge in [-0.25, -0.2) is 18.7 Å². The quantitative estimate of drug-likeness (QED) is 0.204. The molecule has 2 aliphatic heterocycles. The van der Waals surface area contributed by atoms with Crippen molar-refractivity contribution in [1.82, 2.24) is 24.8 Å². The number of anilines is 3. The summed E-state index contributed by atoms with van der Waals surface area (Å²) in [6.07, 6.45) is 5.01. The van der Waals surface area contributed by atoms with Gasteiger partial charge in [0.15, 0.2) is 5.82 Å². The maximum Gasteiger partial charge on any atom is 0.319 e. The predicted octanol–water partition coefficient (Wildman–Crippen LogP) is 6.10. The SMILES string of the molecule is C[C@@H]1CN2[C@H](COc3nc(N(C)[C@H](C)c4cncnc4N)c4cc(Cl)c(-c5ccc(F)c6sc(N)c(C#N)c56)c(F)c4n3)CC[C@H]2CO1. The summed E-state index contributed by atoms with van der Waals surface area (Å²) < 4.78 is 44.1. The number of aromatic nitrogens is 4. The molecule has 248 valence electrons. The van der Waals surface area contributed by atoms with Gasteiger partial charge in [-0.3, -0.25) is 4.90 Å². The third-order valence-electron chi connectivity index (χ3n) is 9.40. The summed E-state index contributed by atoms with van der Waals surface area (Å²) in [5.74, 6) is -0.721. The Morgan fingerprint density at radius 1 is 1.27 bits per heavy atom. The number of nitrogens with two attached hydrogens (primary N) is 2. The van der Waals surface area contributed by atoms with Crippen LogP contribution < -0.4 is 21.1 Å². The fourth-order valence-corrected chi connectivity index (χ4v) is 8.02. The van der Waals surface area contributed by atoms with E-state index in [9.17, 15) is 9.65 Å². The summed E-state index contributed by atoms with van der Waals surface area (Å²) in [5, 5.41) is 10.5. The molecule has 2 aromatic carbocycles. The van der Waals surface area contributed by atoms with Crippen LogP contribution in [0, 0.1) is 23.0 Å². The largest absolute Gasteiger partial charge is 0.462 e. The van der Waals surface area contributed by atoms with Gasteiger partial charge in [0.1, 0.15) is 47.0 Å². The number of morpholine rings is 1. The zero-order valence-corrected chi connectivity index (χ0v) is 27.9. The van der Waals surface area contributed by atoms with Crippen molar-refractivity contribution in [2.75, 3.05) is 43.2 Å². The zero-order chi connectivity index (χ0) is 33.9. The van der Waals surface area contributed by atoms with Crippen molar-refractivity contribution >= 4 is 60.6 Å². The Bertz CT molecular complexity index is 2110. The molecule has 11 nitrogen and oxygen atoms in total. The first kappa shape index (κ1) is 32.1. The third kappa shape index (κ3) is 5.40. The van der Waals surface area contributed by atoms with E-state index in [2.05, 4.69) is 26.8 Å². The lowest BCUT2D eigenvalue weighted by atomic mass is 9.97. The Morgan fingerprint density at radius 2 is 2.08 bits per heavy atom. The number of fused-ring (bicyclic) bond motifs is 3. The highest BCUT2D eigenvalue weighted by atomic mass is 35.5. The molecular weight excluding hydrogens is 660 g/mol. The predicted molar refractivity (Wildman–Crippen MR) is 182 cm³/mol. The number of nitrogens with zero attached hydrogens (tertiary/aromatic N) is 7. The number of rotatable bonds is 7. The Balaban J connectivity index is 1.37. The van der Waals surface area contributed by atoms with Gasteiger partial charge in [-0.15, -0.1) is 11.3 Å². The van der Waals surface area contributed by atoms with Gasteiger partial charge in [-0.2, -0.15) is 15.2 Å². The Hall–Kier alpha value is -4.42. The van der Waals surface area contributed by atoms with Gasteiger partial charge in [-0.1, -0.05) is 17.7 Å². The molecule has 3 aromatic heterocycles. The molecule has 48 heavy (non-hydrogen) atoms. The van der Waals surface area contributed by atoms with Crippen molar-refractivity contribution in [3.05, 3.63) is 58.5 Å². The van der Waals surface area contributed by atoms with Gasteiger partial charge >= 0.3 is 6.01 Å². The van der Waals surface area contributed by atoms with Crippen LogP contribution in [-0.2, 0) is 4.74 Å². The average molecular weight is 692 g/mol. The molecule has 0 aliphatic carbocycles. The molecule has 4 N–H and O–H groups in total. The molecule has 2 fully saturated rings. The number of benzene rings is 2. The second-order valence-corrected chi connectivity index (χ2v) is 13.7. The van der Waals surface area contributed by atoms with Crippen LogP contribution in [-0.4, -0.2) is 69.8 Å². The average Bonchev–Trinajstić information content (AvgIpc) is 3.64. The second-order valence-electron chi connectivity index (χ2n) is 12.2. The summed E-state index contributed by atoms with van der Waals surface area (Å²) in [7, 11) is 1.79. The van der Waals surface area contributed by atoms with Crippen LogP contribution in [0.3, 0.4) is 0 Å². The van der Waals surface area contributed by atoms with Crippen molar-refractivity contribution < 1.29 is 18.3 Å². The van der Waals surface area contributed by atoms with Crippen molar-refractivity contribution in [1.29, 1.82) is 5.26 Å². The van der Waals surface area contributed by atoms with Crippen LogP contribution in [0.2, 0.25) is 5.02 Å². The Morgan fingerprint density at radius 3 is 2.85 bits per heavy atom. The molecule has 0 spiro atoms. The first-order valence-electron chi connectivity index (χ1n) is 15.5. The van der Waals surface area contributed by atoms with Crippen LogP contribution in [0.5, 0.6) is 6.01 Å². The first-order chi connectivity index (χ1) is 23.1. The molecule has 0 radical (unpaired) electrons. The van der Waals surface area contributed by atoms with Crippen molar-refractivity contribution in [3.8, 4) is 23.2 Å². The standard InChI is InChI=1S/C33H32ClF2N9O2S/c1-15-11-45-17(12-46-15)4-5-18(45)13-47-33-42-28-20(32(43-33)44(3)16(2)22-10-40-14-41-30(22)38)8-23(34)26(27(28)36)19-6-7-24(35)29-25(19)21(9-37)31(39)48-29/h6-8,10,14-18H,4-5,11-13,39H2,1-3H3,(H2,38,40,41)/t15-,16-,17+,18+/m1/s1. The van der Waals surface area contributed by atoms with Crippen LogP contribution >= 0.6 is 22.9 Å². The summed E-state index contributed by atoms with van der Waals surface area (Å²) >= 11 is 7.76. The fourth-order valence-electron chi connectivity index (χ4n) is 6.78. The summed E-state index contributed by atoms with van der Waals surface area (Å²) in [4.78, 5) is 21.8. The van der Waals surface area contributed by atoms with E-state index < -0.39 is 17.7 Å². The Kier molecular flexibility index (Phi) is 8.41. The fraction of sp³-hybridized carbons (Fsp3) is 0.364. The number of thiophene rings is 1. The van der Waals surface area contributed by atoms with Crippen molar-refractivity contribution in [3.63, 3.8) is 0 Å². The van der Waals surface area contributed by atoms with E-state index in [-0.39, 0.29) is 60.5 Å². The monoisotopic (exact) mass is 691 g/mol. The number of hydrogen-bond donors (Lipinski definition) is 2. The van der Waals surface area contributed by atoms with Gasteiger partial charge in [0, 0.05) is 53.8 Å². The number of nitrogen functional groups attached to an aromatic ring is 2. The number of ether oxygens (including phenoxy) is 2. The minimum Gasteiger partial charge on any atom is -0.462 e. The molecule has 0 amide bonds. The molecule has 7 rings (SSSR count). The van der Waals surface area contributed by atoms with Crippen LogP contribution in [0.25, 0.3) is 32.1 Å². The van der Waals surface area contributed by atoms with Crippen LogP contribution in [0.1, 0.15) is 43.9 Å². The van der Waals surface area contributed by atoms with Crippen LogP contribution in [0.4, 0.5) is 25.4 Å². The molecule has 2 saturated heterocycles. The molecule has 0 bridgehead atoms. The zero-order valence-electron chi connectivity index (χ0n) is 26.4. The Labute approximate surface area is 284 Å². The van der Waals surface area contributed by atoms with Crippen LogP contribution in [0.15, 0.2) is 30.7 Å². The summed E-state index contributed by atoms with van der Waals surface area (Å²) in [6.45, 7) is 5.72. The third-order valence-corrected chi connectivity index (χ3v) is 10.7. The molecular formula is C33H32ClF2N9O2S. The lowest BCUT2D eigenvalue weighted by molar-refractivity contribution is -0.0556. The topological polar surface area (TPSA) is 152 Å². The van der Waals surface area contributed by atoms with Crippen molar-refractivity contribution in [2.45, 2.75) is 50.9 Å². The van der Waals surface area contributed by atoms with Gasteiger partial charge in [0.25, 0.3) is 0 Å². The van der Waals surface area contributed by atoms with E-state index >= 15 is 4.39 Å². The lowest BCUT2D eigenvalue weighted by Gasteiger charge is -2.37. The van der Waals surface area contributed by atoms with Gasteiger partial charge in [-0.05, 0) is 44.4 Å². The summed E-state index contributed by atoms with van der Waals surface area (Å²) in [5.41, 5.74) is 13.1. The van der Waals surface area contributed by atoms with E-state index in [1.165, 1.54) is 18.5 Å². The molecule has 4 atom stereocenters. The van der Waals surface area contributed by atoms with E-state index in [4.69, 9.17) is 37.5 Å². The van der Waals surface area contributed by atoms with E-state index in [0.29, 0.717) is 41.8 Å². The minimum atomic E-state index is -0.779. The molecule has 5 heterocycles. The second kappa shape index (κ2) is 12.6. The summed E-state index contributed by atoms with van der Waals surface area (Å²) in [6, 6.07) is 6.23. The smallest absolute Gasteiger partial charge is 0.319 e. The molecule has 15 heteroatoms. The number of nitriles is 1. The van der Waals surface area contributed by atoms with E-state index in [0.717, 1.165) is 30.7 Å². The molecule has 0 unspecified atom stereocenters. The maximum absolute atomic E-state index is 17.0. The number of halogens is 3. The molecule has 0 saturated carbocycles. The van der Waals surface area contributed by atoms with Gasteiger partial charge in [0.2, 0.25) is 0 Å². The molecule has 2 aliphatic rings. The van der Waals surface area contributed by atoms with E-state index in [1.54, 1.807) is 24.2 Å². The van der Waals surface area contributed by atoms with Crippen molar-refractivity contribution in [2.24, 2.45) is 0 Å². The number of hydrogen-bond acceptors (Lipinski definition) is 12. The maximum atomic E-state index is 17.0.